The van der Waals surface area contributed by atoms with Crippen LogP contribution >= 0.6 is 0 Å². The summed E-state index contributed by atoms with van der Waals surface area (Å²) in [5.41, 5.74) is 0. The lowest BCUT2D eigenvalue weighted by molar-refractivity contribution is 0.452. The minimum absolute atomic E-state index is 0.541. The molecule has 1 saturated heterocycles. The first kappa shape index (κ1) is 11.2. The van der Waals surface area contributed by atoms with Crippen molar-refractivity contribution in [2.75, 3.05) is 6.54 Å². The van der Waals surface area contributed by atoms with Crippen LogP contribution in [0, 0.1) is 6.92 Å². The molecular formula is C13H22N4. The van der Waals surface area contributed by atoms with Crippen molar-refractivity contribution < 1.29 is 0 Å². The highest BCUT2D eigenvalue weighted by molar-refractivity contribution is 5.09. The Balaban J connectivity index is 1.93. The molecule has 1 saturated carbocycles. The van der Waals surface area contributed by atoms with E-state index in [2.05, 4.69) is 33.9 Å². The van der Waals surface area contributed by atoms with Crippen LogP contribution in [0.25, 0.3) is 0 Å². The van der Waals surface area contributed by atoms with E-state index in [1.54, 1.807) is 0 Å². The summed E-state index contributed by atoms with van der Waals surface area (Å²) in [6, 6.07) is 1.20. The second kappa shape index (κ2) is 4.41. The summed E-state index contributed by atoms with van der Waals surface area (Å²) in [5, 5.41) is 12.3. The molecule has 1 aliphatic carbocycles. The zero-order valence-corrected chi connectivity index (χ0v) is 10.8. The molecule has 2 unspecified atom stereocenters. The van der Waals surface area contributed by atoms with Gasteiger partial charge < -0.3 is 9.88 Å². The highest BCUT2D eigenvalue weighted by Gasteiger charge is 2.32. The SMILES string of the molecule is Cc1nnc(C2CCNC2C)n1C1CCCC1. The van der Waals surface area contributed by atoms with E-state index in [1.165, 1.54) is 37.9 Å². The molecule has 0 radical (unpaired) electrons. The molecule has 0 aromatic carbocycles. The molecule has 1 aromatic heterocycles. The van der Waals surface area contributed by atoms with Crippen LogP contribution in [-0.4, -0.2) is 27.4 Å². The maximum Gasteiger partial charge on any atom is 0.137 e. The molecule has 4 nitrogen and oxygen atoms in total. The van der Waals surface area contributed by atoms with E-state index in [0.717, 1.165) is 12.4 Å². The molecular weight excluding hydrogens is 212 g/mol. The second-order valence-corrected chi connectivity index (χ2v) is 5.55. The van der Waals surface area contributed by atoms with Crippen LogP contribution in [0.4, 0.5) is 0 Å². The summed E-state index contributed by atoms with van der Waals surface area (Å²) in [6.45, 7) is 5.48. The largest absolute Gasteiger partial charge is 0.314 e. The summed E-state index contributed by atoms with van der Waals surface area (Å²) in [7, 11) is 0. The van der Waals surface area contributed by atoms with Gasteiger partial charge >= 0.3 is 0 Å². The molecule has 2 fully saturated rings. The van der Waals surface area contributed by atoms with E-state index in [9.17, 15) is 0 Å². The smallest absolute Gasteiger partial charge is 0.137 e. The molecule has 94 valence electrons. The molecule has 0 amide bonds. The van der Waals surface area contributed by atoms with Gasteiger partial charge in [0.2, 0.25) is 0 Å². The van der Waals surface area contributed by atoms with Gasteiger partial charge in [0.05, 0.1) is 0 Å². The lowest BCUT2D eigenvalue weighted by atomic mass is 10.0. The Morgan fingerprint density at radius 3 is 2.59 bits per heavy atom. The van der Waals surface area contributed by atoms with Gasteiger partial charge in [-0.15, -0.1) is 10.2 Å². The van der Waals surface area contributed by atoms with Crippen molar-refractivity contribution >= 4 is 0 Å². The molecule has 1 aliphatic heterocycles. The highest BCUT2D eigenvalue weighted by Crippen LogP contribution is 2.35. The molecule has 4 heteroatoms. The van der Waals surface area contributed by atoms with Crippen LogP contribution in [0.15, 0.2) is 0 Å². The summed E-state index contributed by atoms with van der Waals surface area (Å²) in [6.07, 6.45) is 6.53. The first-order valence-electron chi connectivity index (χ1n) is 6.92. The topological polar surface area (TPSA) is 42.7 Å². The zero-order valence-electron chi connectivity index (χ0n) is 10.8. The molecule has 2 aliphatic rings. The van der Waals surface area contributed by atoms with Crippen LogP contribution in [0.3, 0.4) is 0 Å². The van der Waals surface area contributed by atoms with Crippen molar-refractivity contribution in [3.05, 3.63) is 11.6 Å². The molecule has 1 aromatic rings. The van der Waals surface area contributed by atoms with Gasteiger partial charge in [-0.05, 0) is 39.7 Å². The fourth-order valence-electron chi connectivity index (χ4n) is 3.46. The third-order valence-corrected chi connectivity index (χ3v) is 4.44. The predicted molar refractivity (Wildman–Crippen MR) is 67.1 cm³/mol. The maximum absolute atomic E-state index is 4.47. The summed E-state index contributed by atoms with van der Waals surface area (Å²) in [4.78, 5) is 0. The van der Waals surface area contributed by atoms with Crippen molar-refractivity contribution in [2.24, 2.45) is 0 Å². The van der Waals surface area contributed by atoms with Gasteiger partial charge in [-0.25, -0.2) is 0 Å². The fraction of sp³-hybridized carbons (Fsp3) is 0.846. The van der Waals surface area contributed by atoms with Crippen LogP contribution in [0.5, 0.6) is 0 Å². The number of aromatic nitrogens is 3. The normalized spacial score (nSPS) is 30.2. The molecule has 2 atom stereocenters. The Kier molecular flexibility index (Phi) is 2.90. The Hall–Kier alpha value is -0.900. The minimum atomic E-state index is 0.541. The Labute approximate surface area is 103 Å². The molecule has 0 bridgehead atoms. The van der Waals surface area contributed by atoms with E-state index in [4.69, 9.17) is 0 Å². The maximum atomic E-state index is 4.47. The third-order valence-electron chi connectivity index (χ3n) is 4.44. The van der Waals surface area contributed by atoms with Crippen LogP contribution in [0.1, 0.15) is 62.6 Å². The lowest BCUT2D eigenvalue weighted by Gasteiger charge is -2.20. The average molecular weight is 234 g/mol. The predicted octanol–water partition coefficient (Wildman–Crippen LogP) is 2.17. The van der Waals surface area contributed by atoms with Gasteiger partial charge in [-0.1, -0.05) is 12.8 Å². The molecule has 0 spiro atoms. The van der Waals surface area contributed by atoms with Crippen LogP contribution in [0.2, 0.25) is 0 Å². The average Bonchev–Trinajstić information content (AvgIpc) is 2.98. The van der Waals surface area contributed by atoms with Crippen molar-refractivity contribution in [2.45, 2.75) is 64.0 Å². The number of hydrogen-bond acceptors (Lipinski definition) is 3. The zero-order chi connectivity index (χ0) is 11.8. The van der Waals surface area contributed by atoms with Gasteiger partial charge in [0.1, 0.15) is 11.6 Å². The van der Waals surface area contributed by atoms with Gasteiger partial charge in [0.25, 0.3) is 0 Å². The molecule has 1 N–H and O–H groups in total. The van der Waals surface area contributed by atoms with Crippen LogP contribution < -0.4 is 5.32 Å². The Bertz CT molecular complexity index is 392. The Morgan fingerprint density at radius 1 is 1.18 bits per heavy atom. The highest BCUT2D eigenvalue weighted by atomic mass is 15.3. The van der Waals surface area contributed by atoms with E-state index >= 15 is 0 Å². The summed E-state index contributed by atoms with van der Waals surface area (Å²) in [5.74, 6) is 2.88. The van der Waals surface area contributed by atoms with E-state index < -0.39 is 0 Å². The monoisotopic (exact) mass is 234 g/mol. The number of rotatable bonds is 2. The Morgan fingerprint density at radius 2 is 1.94 bits per heavy atom. The van der Waals surface area contributed by atoms with E-state index in [0.29, 0.717) is 18.0 Å². The minimum Gasteiger partial charge on any atom is -0.314 e. The van der Waals surface area contributed by atoms with Gasteiger partial charge in [0.15, 0.2) is 0 Å². The molecule has 17 heavy (non-hydrogen) atoms. The van der Waals surface area contributed by atoms with Gasteiger partial charge in [-0.3, -0.25) is 0 Å². The van der Waals surface area contributed by atoms with E-state index in [1.807, 2.05) is 0 Å². The summed E-state index contributed by atoms with van der Waals surface area (Å²) < 4.78 is 2.43. The molecule has 3 rings (SSSR count). The lowest BCUT2D eigenvalue weighted by Crippen LogP contribution is -2.24. The van der Waals surface area contributed by atoms with Crippen molar-refractivity contribution in [1.82, 2.24) is 20.1 Å². The first-order chi connectivity index (χ1) is 8.27. The first-order valence-corrected chi connectivity index (χ1v) is 6.92. The third kappa shape index (κ3) is 1.88. The number of nitrogens with one attached hydrogen (secondary N) is 1. The fourth-order valence-corrected chi connectivity index (χ4v) is 3.46. The second-order valence-electron chi connectivity index (χ2n) is 5.55. The number of aryl methyl sites for hydroxylation is 1. The van der Waals surface area contributed by atoms with Gasteiger partial charge in [0, 0.05) is 18.0 Å². The van der Waals surface area contributed by atoms with Crippen molar-refractivity contribution in [3.63, 3.8) is 0 Å². The van der Waals surface area contributed by atoms with Crippen LogP contribution in [-0.2, 0) is 0 Å². The van der Waals surface area contributed by atoms with Gasteiger partial charge in [-0.2, -0.15) is 0 Å². The van der Waals surface area contributed by atoms with Crippen molar-refractivity contribution in [1.29, 1.82) is 0 Å². The number of hydrogen-bond donors (Lipinski definition) is 1. The summed E-state index contributed by atoms with van der Waals surface area (Å²) >= 11 is 0. The standard InChI is InChI=1S/C13H22N4/c1-9-12(7-8-14-9)13-16-15-10(2)17(13)11-5-3-4-6-11/h9,11-12,14H,3-8H2,1-2H3. The number of nitrogens with zero attached hydrogens (tertiary/aromatic N) is 3. The quantitative estimate of drug-likeness (QED) is 0.852. The van der Waals surface area contributed by atoms with Crippen molar-refractivity contribution in [3.8, 4) is 0 Å². The molecule has 2 heterocycles. The van der Waals surface area contributed by atoms with E-state index in [-0.39, 0.29) is 0 Å².